The van der Waals surface area contributed by atoms with E-state index < -0.39 is 0 Å². The summed E-state index contributed by atoms with van der Waals surface area (Å²) in [7, 11) is 2.14. The van der Waals surface area contributed by atoms with E-state index in [1.807, 2.05) is 18.2 Å². The third-order valence-corrected chi connectivity index (χ3v) is 4.33. The van der Waals surface area contributed by atoms with E-state index in [-0.39, 0.29) is 0 Å². The minimum atomic E-state index is 0.414. The van der Waals surface area contributed by atoms with Crippen LogP contribution in [0, 0.1) is 0 Å². The Morgan fingerprint density at radius 2 is 1.36 bits per heavy atom. The van der Waals surface area contributed by atoms with Crippen LogP contribution in [0.4, 0.5) is 0 Å². The molecule has 0 spiro atoms. The highest BCUT2D eigenvalue weighted by molar-refractivity contribution is 5.31. The van der Waals surface area contributed by atoms with Gasteiger partial charge in [-0.05, 0) is 26.1 Å². The monoisotopic (exact) mass is 305 g/mol. The summed E-state index contributed by atoms with van der Waals surface area (Å²) in [6.07, 6.45) is 13.8. The molecule has 0 saturated heterocycles. The first-order chi connectivity index (χ1) is 10.7. The largest absolute Gasteiger partial charge is 0.508 e. The van der Waals surface area contributed by atoms with E-state index in [0.717, 1.165) is 18.7 Å². The van der Waals surface area contributed by atoms with Crippen LogP contribution >= 0.6 is 0 Å². The molecule has 1 rings (SSSR count). The van der Waals surface area contributed by atoms with Crippen molar-refractivity contribution in [1.82, 2.24) is 4.90 Å². The fourth-order valence-electron chi connectivity index (χ4n) is 2.88. The number of hydrogen-bond donors (Lipinski definition) is 1. The molecule has 0 bridgehead atoms. The van der Waals surface area contributed by atoms with Crippen molar-refractivity contribution in [3.63, 3.8) is 0 Å². The Labute approximate surface area is 137 Å². The number of rotatable bonds is 13. The maximum atomic E-state index is 9.78. The van der Waals surface area contributed by atoms with Gasteiger partial charge >= 0.3 is 0 Å². The van der Waals surface area contributed by atoms with Crippen molar-refractivity contribution in [2.45, 2.75) is 77.7 Å². The average Bonchev–Trinajstić information content (AvgIpc) is 2.51. The van der Waals surface area contributed by atoms with Gasteiger partial charge in [-0.2, -0.15) is 0 Å². The second-order valence-electron chi connectivity index (χ2n) is 6.55. The van der Waals surface area contributed by atoms with Crippen molar-refractivity contribution in [2.75, 3.05) is 13.6 Å². The fraction of sp³-hybridized carbons (Fsp3) is 0.700. The quantitative estimate of drug-likeness (QED) is 0.469. The molecule has 0 unspecified atom stereocenters. The molecule has 0 aromatic heterocycles. The van der Waals surface area contributed by atoms with E-state index in [4.69, 9.17) is 0 Å². The third kappa shape index (κ3) is 9.09. The van der Waals surface area contributed by atoms with Crippen LogP contribution in [0.2, 0.25) is 0 Å². The van der Waals surface area contributed by atoms with Gasteiger partial charge in [-0.3, -0.25) is 0 Å². The summed E-state index contributed by atoms with van der Waals surface area (Å²) in [5, 5.41) is 9.78. The third-order valence-electron chi connectivity index (χ3n) is 4.33. The van der Waals surface area contributed by atoms with Crippen molar-refractivity contribution < 1.29 is 5.11 Å². The lowest BCUT2D eigenvalue weighted by molar-refractivity contribution is 0.310. The molecule has 0 fully saturated rings. The zero-order valence-corrected chi connectivity index (χ0v) is 14.7. The Kier molecular flexibility index (Phi) is 10.8. The summed E-state index contributed by atoms with van der Waals surface area (Å²) in [4.78, 5) is 2.31. The van der Waals surface area contributed by atoms with E-state index in [0.29, 0.717) is 5.75 Å². The molecule has 2 heteroatoms. The molecular formula is C20H35NO. The Hall–Kier alpha value is -1.02. The normalized spacial score (nSPS) is 11.2. The van der Waals surface area contributed by atoms with Gasteiger partial charge < -0.3 is 10.0 Å². The summed E-state index contributed by atoms with van der Waals surface area (Å²) < 4.78 is 0. The van der Waals surface area contributed by atoms with Gasteiger partial charge in [0, 0.05) is 12.1 Å². The Bertz CT molecular complexity index is 378. The van der Waals surface area contributed by atoms with Gasteiger partial charge in [-0.15, -0.1) is 0 Å². The van der Waals surface area contributed by atoms with E-state index in [2.05, 4.69) is 18.9 Å². The van der Waals surface area contributed by atoms with Gasteiger partial charge in [-0.1, -0.05) is 82.9 Å². The highest BCUT2D eigenvalue weighted by Gasteiger charge is 2.04. The van der Waals surface area contributed by atoms with Crippen molar-refractivity contribution in [3.8, 4) is 5.75 Å². The number of aromatic hydroxyl groups is 1. The minimum Gasteiger partial charge on any atom is -0.508 e. The topological polar surface area (TPSA) is 23.5 Å². The number of hydrogen-bond acceptors (Lipinski definition) is 2. The van der Waals surface area contributed by atoms with Crippen molar-refractivity contribution >= 4 is 0 Å². The van der Waals surface area contributed by atoms with Crippen molar-refractivity contribution in [1.29, 1.82) is 0 Å². The van der Waals surface area contributed by atoms with E-state index >= 15 is 0 Å². The number of para-hydroxylation sites is 1. The van der Waals surface area contributed by atoms with Gasteiger partial charge in [0.25, 0.3) is 0 Å². The predicted molar refractivity (Wildman–Crippen MR) is 96.3 cm³/mol. The molecule has 1 N–H and O–H groups in total. The SMILES string of the molecule is CCCCCCCCCCCCN(C)Cc1ccccc1O. The number of phenolic OH excluding ortho intramolecular Hbond substituents is 1. The summed E-state index contributed by atoms with van der Waals surface area (Å²) in [6, 6.07) is 7.64. The lowest BCUT2D eigenvalue weighted by Crippen LogP contribution is -2.19. The molecule has 1 aromatic rings. The molecule has 0 aliphatic carbocycles. The fourth-order valence-corrected chi connectivity index (χ4v) is 2.88. The number of benzene rings is 1. The van der Waals surface area contributed by atoms with Crippen molar-refractivity contribution in [3.05, 3.63) is 29.8 Å². The highest BCUT2D eigenvalue weighted by Crippen LogP contribution is 2.17. The molecule has 0 aliphatic rings. The predicted octanol–water partition coefficient (Wildman–Crippen LogP) is 5.74. The molecular weight excluding hydrogens is 270 g/mol. The molecule has 126 valence electrons. The maximum Gasteiger partial charge on any atom is 0.120 e. The number of nitrogens with zero attached hydrogens (tertiary/aromatic N) is 1. The molecule has 0 amide bonds. The zero-order chi connectivity index (χ0) is 16.0. The van der Waals surface area contributed by atoms with Crippen molar-refractivity contribution in [2.24, 2.45) is 0 Å². The van der Waals surface area contributed by atoms with Crippen LogP contribution in [0.25, 0.3) is 0 Å². The van der Waals surface area contributed by atoms with Gasteiger partial charge in [0.15, 0.2) is 0 Å². The van der Waals surface area contributed by atoms with Crippen LogP contribution in [-0.4, -0.2) is 23.6 Å². The van der Waals surface area contributed by atoms with Gasteiger partial charge in [0.05, 0.1) is 0 Å². The first-order valence-electron chi connectivity index (χ1n) is 9.19. The van der Waals surface area contributed by atoms with E-state index in [9.17, 15) is 5.11 Å². The van der Waals surface area contributed by atoms with Crippen LogP contribution < -0.4 is 0 Å². The number of unbranched alkanes of at least 4 members (excludes halogenated alkanes) is 9. The Morgan fingerprint density at radius 1 is 0.818 bits per heavy atom. The van der Waals surface area contributed by atoms with Gasteiger partial charge in [0.2, 0.25) is 0 Å². The van der Waals surface area contributed by atoms with Crippen LogP contribution in [0.1, 0.15) is 76.7 Å². The van der Waals surface area contributed by atoms with Crippen LogP contribution in [0.5, 0.6) is 5.75 Å². The second kappa shape index (κ2) is 12.5. The molecule has 0 saturated carbocycles. The summed E-state index contributed by atoms with van der Waals surface area (Å²) >= 11 is 0. The van der Waals surface area contributed by atoms with E-state index in [1.54, 1.807) is 6.07 Å². The Morgan fingerprint density at radius 3 is 1.95 bits per heavy atom. The van der Waals surface area contributed by atoms with Gasteiger partial charge in [0.1, 0.15) is 5.75 Å². The maximum absolute atomic E-state index is 9.78. The highest BCUT2D eigenvalue weighted by atomic mass is 16.3. The summed E-state index contributed by atoms with van der Waals surface area (Å²) in [6.45, 7) is 4.23. The molecule has 0 heterocycles. The molecule has 2 nitrogen and oxygen atoms in total. The van der Waals surface area contributed by atoms with Crippen LogP contribution in [-0.2, 0) is 6.54 Å². The molecule has 1 aromatic carbocycles. The van der Waals surface area contributed by atoms with Gasteiger partial charge in [-0.25, -0.2) is 0 Å². The first kappa shape index (κ1) is 19.0. The second-order valence-corrected chi connectivity index (χ2v) is 6.55. The van der Waals surface area contributed by atoms with Crippen LogP contribution in [0.15, 0.2) is 24.3 Å². The summed E-state index contributed by atoms with van der Waals surface area (Å²) in [5.41, 5.74) is 1.03. The molecule has 0 atom stereocenters. The Balaban J connectivity index is 1.95. The standard InChI is InChI=1S/C20H35NO/c1-3-4-5-6-7-8-9-10-11-14-17-21(2)18-19-15-12-13-16-20(19)22/h12-13,15-16,22H,3-11,14,17-18H2,1-2H3. The average molecular weight is 306 g/mol. The van der Waals surface area contributed by atoms with Crippen LogP contribution in [0.3, 0.4) is 0 Å². The summed E-state index contributed by atoms with van der Waals surface area (Å²) in [5.74, 6) is 0.414. The molecule has 0 radical (unpaired) electrons. The lowest BCUT2D eigenvalue weighted by Gasteiger charge is -2.17. The lowest BCUT2D eigenvalue weighted by atomic mass is 10.1. The minimum absolute atomic E-state index is 0.414. The molecule has 0 aliphatic heterocycles. The smallest absolute Gasteiger partial charge is 0.120 e. The van der Waals surface area contributed by atoms with E-state index in [1.165, 1.54) is 64.2 Å². The first-order valence-corrected chi connectivity index (χ1v) is 9.19. The number of phenols is 1. The zero-order valence-electron chi connectivity index (χ0n) is 14.7. The molecule has 22 heavy (non-hydrogen) atoms.